The van der Waals surface area contributed by atoms with Gasteiger partial charge in [0.25, 0.3) is 0 Å². The molecule has 0 unspecified atom stereocenters. The largest absolute Gasteiger partial charge is 0.507 e. The number of aldehydes is 1. The summed E-state index contributed by atoms with van der Waals surface area (Å²) in [6.07, 6.45) is 0.511. The number of aromatic hydroxyl groups is 1. The van der Waals surface area contributed by atoms with E-state index in [-0.39, 0.29) is 21.4 Å². The van der Waals surface area contributed by atoms with Crippen molar-refractivity contribution >= 4 is 29.5 Å². The predicted octanol–water partition coefficient (Wildman–Crippen LogP) is 2.51. The van der Waals surface area contributed by atoms with E-state index in [9.17, 15) is 4.79 Å². The number of phenolic OH excluding ortho intramolecular Hbond substituents is 1. The zero-order valence-corrected chi connectivity index (χ0v) is 6.86. The fraction of sp³-hybridized carbons (Fsp3) is 0. The lowest BCUT2D eigenvalue weighted by Gasteiger charge is -1.98. The summed E-state index contributed by atoms with van der Waals surface area (Å²) >= 11 is 11.1. The summed E-state index contributed by atoms with van der Waals surface area (Å²) < 4.78 is 0. The van der Waals surface area contributed by atoms with Crippen LogP contribution in [0.5, 0.6) is 5.75 Å². The SMILES string of the molecule is O=Cc1cc(Cl)c(Cl)cc1O. The Morgan fingerprint density at radius 2 is 1.82 bits per heavy atom. The van der Waals surface area contributed by atoms with E-state index in [1.807, 2.05) is 0 Å². The quantitative estimate of drug-likeness (QED) is 0.692. The smallest absolute Gasteiger partial charge is 0.153 e. The van der Waals surface area contributed by atoms with Crippen molar-refractivity contribution in [1.29, 1.82) is 0 Å². The highest BCUT2D eigenvalue weighted by atomic mass is 35.5. The highest BCUT2D eigenvalue weighted by Gasteiger charge is 2.04. The van der Waals surface area contributed by atoms with Gasteiger partial charge in [-0.05, 0) is 6.07 Å². The first kappa shape index (κ1) is 8.37. The van der Waals surface area contributed by atoms with Gasteiger partial charge in [-0.3, -0.25) is 4.79 Å². The molecule has 0 bridgehead atoms. The van der Waals surface area contributed by atoms with Gasteiger partial charge in [0.1, 0.15) is 5.75 Å². The molecule has 0 amide bonds. The van der Waals surface area contributed by atoms with Crippen molar-refractivity contribution < 1.29 is 9.90 Å². The molecule has 11 heavy (non-hydrogen) atoms. The van der Waals surface area contributed by atoms with E-state index in [2.05, 4.69) is 0 Å². The highest BCUT2D eigenvalue weighted by Crippen LogP contribution is 2.28. The van der Waals surface area contributed by atoms with Gasteiger partial charge in [0.05, 0.1) is 15.6 Å². The number of hydrogen-bond donors (Lipinski definition) is 1. The van der Waals surface area contributed by atoms with Crippen LogP contribution in [0.4, 0.5) is 0 Å². The maximum absolute atomic E-state index is 10.2. The van der Waals surface area contributed by atoms with Gasteiger partial charge in [-0.15, -0.1) is 0 Å². The van der Waals surface area contributed by atoms with Crippen molar-refractivity contribution in [2.45, 2.75) is 0 Å². The van der Waals surface area contributed by atoms with Crippen LogP contribution in [0.25, 0.3) is 0 Å². The van der Waals surface area contributed by atoms with Crippen LogP contribution in [0.15, 0.2) is 12.1 Å². The molecular weight excluding hydrogens is 187 g/mol. The minimum Gasteiger partial charge on any atom is -0.507 e. The molecule has 1 N–H and O–H groups in total. The van der Waals surface area contributed by atoms with Crippen molar-refractivity contribution in [3.05, 3.63) is 27.7 Å². The Morgan fingerprint density at radius 1 is 1.27 bits per heavy atom. The average Bonchev–Trinajstić information content (AvgIpc) is 1.97. The zero-order valence-electron chi connectivity index (χ0n) is 5.34. The molecule has 58 valence electrons. The normalized spacial score (nSPS) is 9.64. The highest BCUT2D eigenvalue weighted by molar-refractivity contribution is 6.42. The van der Waals surface area contributed by atoms with E-state index in [1.165, 1.54) is 12.1 Å². The van der Waals surface area contributed by atoms with Gasteiger partial charge in [-0.1, -0.05) is 23.2 Å². The topological polar surface area (TPSA) is 37.3 Å². The molecule has 0 atom stereocenters. The Labute approximate surface area is 73.4 Å². The van der Waals surface area contributed by atoms with Gasteiger partial charge in [-0.2, -0.15) is 0 Å². The summed E-state index contributed by atoms with van der Waals surface area (Å²) in [4.78, 5) is 10.2. The van der Waals surface area contributed by atoms with E-state index in [4.69, 9.17) is 28.3 Å². The first-order valence-corrected chi connectivity index (χ1v) is 3.54. The van der Waals surface area contributed by atoms with Crippen LogP contribution < -0.4 is 0 Å². The van der Waals surface area contributed by atoms with Crippen LogP contribution >= 0.6 is 23.2 Å². The second-order valence-corrected chi connectivity index (χ2v) is 2.76. The Balaban J connectivity index is 3.31. The summed E-state index contributed by atoms with van der Waals surface area (Å²) in [7, 11) is 0. The first-order chi connectivity index (χ1) is 5.15. The molecule has 2 nitrogen and oxygen atoms in total. The van der Waals surface area contributed by atoms with E-state index in [0.29, 0.717) is 6.29 Å². The summed E-state index contributed by atoms with van der Waals surface area (Å²) in [5.41, 5.74) is 0.138. The number of carbonyl (C=O) groups excluding carboxylic acids is 1. The number of carbonyl (C=O) groups is 1. The maximum atomic E-state index is 10.2. The van der Waals surface area contributed by atoms with Gasteiger partial charge < -0.3 is 5.11 Å². The second-order valence-electron chi connectivity index (χ2n) is 1.94. The van der Waals surface area contributed by atoms with Gasteiger partial charge in [0.15, 0.2) is 6.29 Å². The molecule has 0 aliphatic heterocycles. The van der Waals surface area contributed by atoms with E-state index < -0.39 is 0 Å². The van der Waals surface area contributed by atoms with Gasteiger partial charge in [-0.25, -0.2) is 0 Å². The van der Waals surface area contributed by atoms with Crippen LogP contribution in [0.1, 0.15) is 10.4 Å². The molecule has 0 aliphatic carbocycles. The zero-order chi connectivity index (χ0) is 8.43. The van der Waals surface area contributed by atoms with E-state index in [1.54, 1.807) is 0 Å². The fourth-order valence-corrected chi connectivity index (χ4v) is 0.976. The van der Waals surface area contributed by atoms with Crippen LogP contribution in [0.2, 0.25) is 10.0 Å². The third-order valence-corrected chi connectivity index (χ3v) is 1.92. The summed E-state index contributed by atoms with van der Waals surface area (Å²) in [5, 5.41) is 9.53. The number of phenols is 1. The standard InChI is InChI=1S/C7H4Cl2O2/c8-5-1-4(3-10)7(11)2-6(5)9/h1-3,11H. The lowest BCUT2D eigenvalue weighted by molar-refractivity contribution is 0.112. The van der Waals surface area contributed by atoms with Crippen molar-refractivity contribution in [2.75, 3.05) is 0 Å². The van der Waals surface area contributed by atoms with Crippen molar-refractivity contribution in [2.24, 2.45) is 0 Å². The number of halogens is 2. The molecule has 1 rings (SSSR count). The van der Waals surface area contributed by atoms with Crippen LogP contribution in [0.3, 0.4) is 0 Å². The molecule has 0 aliphatic rings. The van der Waals surface area contributed by atoms with Gasteiger partial charge in [0, 0.05) is 6.07 Å². The molecule has 4 heteroatoms. The summed E-state index contributed by atoms with van der Waals surface area (Å²) in [6.45, 7) is 0. The van der Waals surface area contributed by atoms with E-state index >= 15 is 0 Å². The maximum Gasteiger partial charge on any atom is 0.153 e. The van der Waals surface area contributed by atoms with Crippen LogP contribution in [-0.4, -0.2) is 11.4 Å². The second kappa shape index (κ2) is 3.11. The van der Waals surface area contributed by atoms with Crippen LogP contribution in [-0.2, 0) is 0 Å². The lowest BCUT2D eigenvalue weighted by atomic mass is 10.2. The summed E-state index contributed by atoms with van der Waals surface area (Å²) in [5.74, 6) is -0.158. The third kappa shape index (κ3) is 1.64. The fourth-order valence-electron chi connectivity index (χ4n) is 0.646. The molecule has 0 saturated carbocycles. The number of hydrogen-bond acceptors (Lipinski definition) is 2. The van der Waals surface area contributed by atoms with Gasteiger partial charge >= 0.3 is 0 Å². The summed E-state index contributed by atoms with van der Waals surface area (Å²) in [6, 6.07) is 2.54. The van der Waals surface area contributed by atoms with Gasteiger partial charge in [0.2, 0.25) is 0 Å². The van der Waals surface area contributed by atoms with E-state index in [0.717, 1.165) is 0 Å². The minimum atomic E-state index is -0.158. The Hall–Kier alpha value is -0.730. The molecular formula is C7H4Cl2O2. The van der Waals surface area contributed by atoms with Crippen molar-refractivity contribution in [3.8, 4) is 5.75 Å². The Bertz CT molecular complexity index is 297. The third-order valence-electron chi connectivity index (χ3n) is 1.20. The number of rotatable bonds is 1. The molecule has 0 saturated heterocycles. The molecule has 0 heterocycles. The van der Waals surface area contributed by atoms with Crippen molar-refractivity contribution in [1.82, 2.24) is 0 Å². The molecule has 0 spiro atoms. The Kier molecular flexibility index (Phi) is 2.37. The lowest BCUT2D eigenvalue weighted by Crippen LogP contribution is -1.81. The predicted molar refractivity (Wildman–Crippen MR) is 43.5 cm³/mol. The Morgan fingerprint density at radius 3 is 2.36 bits per heavy atom. The minimum absolute atomic E-state index is 0.138. The molecule has 0 aromatic heterocycles. The molecule has 0 fully saturated rings. The van der Waals surface area contributed by atoms with Crippen LogP contribution in [0, 0.1) is 0 Å². The number of benzene rings is 1. The monoisotopic (exact) mass is 190 g/mol. The average molecular weight is 191 g/mol. The van der Waals surface area contributed by atoms with Crippen molar-refractivity contribution in [3.63, 3.8) is 0 Å². The molecule has 1 aromatic rings. The molecule has 0 radical (unpaired) electrons. The molecule has 1 aromatic carbocycles. The first-order valence-electron chi connectivity index (χ1n) is 2.78.